The molecule has 0 aromatic carbocycles. The van der Waals surface area contributed by atoms with E-state index >= 15 is 0 Å². The zero-order valence-electron chi connectivity index (χ0n) is 6.02. The number of hydrogen-bond acceptors (Lipinski definition) is 1. The van der Waals surface area contributed by atoms with Crippen LogP contribution in [0.4, 0.5) is 0 Å². The van der Waals surface area contributed by atoms with Gasteiger partial charge >= 0.3 is 0 Å². The van der Waals surface area contributed by atoms with Gasteiger partial charge in [0.05, 0.1) is 6.10 Å². The van der Waals surface area contributed by atoms with E-state index in [-0.39, 0.29) is 4.84 Å². The molecule has 0 radical (unpaired) electrons. The normalized spacial score (nSPS) is 33.6. The van der Waals surface area contributed by atoms with Gasteiger partial charge in [-0.15, -0.1) is 23.2 Å². The quantitative estimate of drug-likeness (QED) is 0.598. The summed E-state index contributed by atoms with van der Waals surface area (Å²) < 4.78 is 5.41. The third-order valence-corrected chi connectivity index (χ3v) is 2.31. The highest BCUT2D eigenvalue weighted by molar-refractivity contribution is 6.44. The molecule has 2 atom stereocenters. The average molecular weight is 183 g/mol. The molecular weight excluding hydrogens is 171 g/mol. The SMILES string of the molecule is C[C@@H]1CCO[C@H]1CC(Cl)Cl. The van der Waals surface area contributed by atoms with E-state index in [4.69, 9.17) is 27.9 Å². The Balaban J connectivity index is 2.26. The summed E-state index contributed by atoms with van der Waals surface area (Å²) in [5.41, 5.74) is 0. The summed E-state index contributed by atoms with van der Waals surface area (Å²) in [6.07, 6.45) is 2.20. The predicted molar refractivity (Wildman–Crippen MR) is 43.6 cm³/mol. The second-order valence-corrected chi connectivity index (χ2v) is 4.08. The number of hydrogen-bond donors (Lipinski definition) is 0. The molecule has 0 aromatic heterocycles. The van der Waals surface area contributed by atoms with Crippen LogP contribution in [0.1, 0.15) is 19.8 Å². The van der Waals surface area contributed by atoms with Gasteiger partial charge in [0.25, 0.3) is 0 Å². The van der Waals surface area contributed by atoms with Gasteiger partial charge in [0.1, 0.15) is 4.84 Å². The summed E-state index contributed by atoms with van der Waals surface area (Å²) in [4.78, 5) is -0.273. The van der Waals surface area contributed by atoms with Crippen LogP contribution in [0.15, 0.2) is 0 Å². The van der Waals surface area contributed by atoms with Gasteiger partial charge in [-0.05, 0) is 12.3 Å². The number of ether oxygens (including phenoxy) is 1. The van der Waals surface area contributed by atoms with Crippen molar-refractivity contribution in [1.29, 1.82) is 0 Å². The smallest absolute Gasteiger partial charge is 0.110 e. The van der Waals surface area contributed by atoms with Crippen LogP contribution in [-0.4, -0.2) is 17.5 Å². The van der Waals surface area contributed by atoms with Gasteiger partial charge in [-0.2, -0.15) is 0 Å². The molecule has 1 fully saturated rings. The Bertz CT molecular complexity index is 106. The van der Waals surface area contributed by atoms with Gasteiger partial charge in [0, 0.05) is 13.0 Å². The van der Waals surface area contributed by atoms with E-state index in [1.165, 1.54) is 0 Å². The van der Waals surface area contributed by atoms with Gasteiger partial charge in [-0.3, -0.25) is 0 Å². The second kappa shape index (κ2) is 3.80. The molecule has 1 saturated heterocycles. The zero-order chi connectivity index (χ0) is 7.56. The van der Waals surface area contributed by atoms with Gasteiger partial charge in [-0.1, -0.05) is 6.92 Å². The van der Waals surface area contributed by atoms with Crippen LogP contribution in [0, 0.1) is 5.92 Å². The zero-order valence-corrected chi connectivity index (χ0v) is 7.53. The maximum Gasteiger partial charge on any atom is 0.110 e. The fraction of sp³-hybridized carbons (Fsp3) is 1.00. The van der Waals surface area contributed by atoms with Crippen molar-refractivity contribution >= 4 is 23.2 Å². The van der Waals surface area contributed by atoms with Gasteiger partial charge in [0.2, 0.25) is 0 Å². The van der Waals surface area contributed by atoms with Crippen LogP contribution >= 0.6 is 23.2 Å². The Kier molecular flexibility index (Phi) is 3.28. The molecule has 1 aliphatic heterocycles. The highest BCUT2D eigenvalue weighted by atomic mass is 35.5. The van der Waals surface area contributed by atoms with Gasteiger partial charge < -0.3 is 4.74 Å². The first-order chi connectivity index (χ1) is 4.70. The first kappa shape index (κ1) is 8.63. The molecule has 1 nitrogen and oxygen atoms in total. The predicted octanol–water partition coefficient (Wildman–Crippen LogP) is 2.61. The lowest BCUT2D eigenvalue weighted by Crippen LogP contribution is -2.15. The first-order valence-electron chi connectivity index (χ1n) is 3.60. The number of alkyl halides is 2. The monoisotopic (exact) mass is 182 g/mol. The molecule has 10 heavy (non-hydrogen) atoms. The summed E-state index contributed by atoms with van der Waals surface area (Å²) in [7, 11) is 0. The summed E-state index contributed by atoms with van der Waals surface area (Å²) in [5.74, 6) is 0.625. The Morgan fingerprint density at radius 1 is 1.60 bits per heavy atom. The van der Waals surface area contributed by atoms with E-state index in [0.717, 1.165) is 19.4 Å². The van der Waals surface area contributed by atoms with Crippen LogP contribution in [0.5, 0.6) is 0 Å². The highest BCUT2D eigenvalue weighted by Gasteiger charge is 2.25. The first-order valence-corrected chi connectivity index (χ1v) is 4.47. The molecule has 0 aromatic rings. The molecule has 0 aliphatic carbocycles. The highest BCUT2D eigenvalue weighted by Crippen LogP contribution is 2.26. The molecule has 0 unspecified atom stereocenters. The molecule has 3 heteroatoms. The van der Waals surface area contributed by atoms with E-state index in [2.05, 4.69) is 6.92 Å². The minimum Gasteiger partial charge on any atom is -0.378 e. The molecule has 0 N–H and O–H groups in total. The van der Waals surface area contributed by atoms with Crippen molar-refractivity contribution in [1.82, 2.24) is 0 Å². The van der Waals surface area contributed by atoms with Crippen molar-refractivity contribution in [2.24, 2.45) is 5.92 Å². The largest absolute Gasteiger partial charge is 0.378 e. The second-order valence-electron chi connectivity index (χ2n) is 2.80. The summed E-state index contributed by atoms with van der Waals surface area (Å²) in [6, 6.07) is 0. The molecule has 1 heterocycles. The van der Waals surface area contributed by atoms with Crippen LogP contribution in [0.3, 0.4) is 0 Å². The third kappa shape index (κ3) is 2.30. The van der Waals surface area contributed by atoms with Crippen molar-refractivity contribution in [2.75, 3.05) is 6.61 Å². The van der Waals surface area contributed by atoms with E-state index in [0.29, 0.717) is 12.0 Å². The van der Waals surface area contributed by atoms with Crippen molar-refractivity contribution in [3.63, 3.8) is 0 Å². The average Bonchev–Trinajstić information content (AvgIpc) is 2.15. The van der Waals surface area contributed by atoms with Gasteiger partial charge in [-0.25, -0.2) is 0 Å². The molecule has 60 valence electrons. The van der Waals surface area contributed by atoms with E-state index in [1.807, 2.05) is 0 Å². The topological polar surface area (TPSA) is 9.23 Å². The lowest BCUT2D eigenvalue weighted by Gasteiger charge is -2.13. The Hall–Kier alpha value is 0.540. The molecule has 1 rings (SSSR count). The number of halogens is 2. The van der Waals surface area contributed by atoms with E-state index < -0.39 is 0 Å². The molecule has 0 spiro atoms. The van der Waals surface area contributed by atoms with E-state index in [1.54, 1.807) is 0 Å². The Labute approximate surface area is 71.6 Å². The van der Waals surface area contributed by atoms with E-state index in [9.17, 15) is 0 Å². The molecule has 0 bridgehead atoms. The minimum absolute atomic E-state index is 0.273. The molecular formula is C7H12Cl2O. The van der Waals surface area contributed by atoms with Crippen molar-refractivity contribution in [3.8, 4) is 0 Å². The van der Waals surface area contributed by atoms with Crippen LogP contribution in [0.2, 0.25) is 0 Å². The van der Waals surface area contributed by atoms with Crippen LogP contribution in [-0.2, 0) is 4.74 Å². The van der Waals surface area contributed by atoms with Crippen LogP contribution in [0.25, 0.3) is 0 Å². The summed E-state index contributed by atoms with van der Waals surface area (Å²) in [5, 5.41) is 0. The van der Waals surface area contributed by atoms with Gasteiger partial charge in [0.15, 0.2) is 0 Å². The lowest BCUT2D eigenvalue weighted by atomic mass is 10.0. The van der Waals surface area contributed by atoms with Crippen molar-refractivity contribution in [3.05, 3.63) is 0 Å². The maximum atomic E-state index is 5.61. The summed E-state index contributed by atoms with van der Waals surface area (Å²) in [6.45, 7) is 3.04. The van der Waals surface area contributed by atoms with Crippen LogP contribution < -0.4 is 0 Å². The molecule has 0 amide bonds. The summed E-state index contributed by atoms with van der Waals surface area (Å²) >= 11 is 11.2. The lowest BCUT2D eigenvalue weighted by molar-refractivity contribution is 0.0900. The van der Waals surface area contributed by atoms with Crippen molar-refractivity contribution in [2.45, 2.75) is 30.7 Å². The maximum absolute atomic E-state index is 5.61. The van der Waals surface area contributed by atoms with Crippen molar-refractivity contribution < 1.29 is 4.74 Å². The Morgan fingerprint density at radius 2 is 2.30 bits per heavy atom. The fourth-order valence-electron chi connectivity index (χ4n) is 1.23. The minimum atomic E-state index is -0.273. The molecule has 1 aliphatic rings. The fourth-order valence-corrected chi connectivity index (χ4v) is 1.58. The Morgan fingerprint density at radius 3 is 2.70 bits per heavy atom. The molecule has 0 saturated carbocycles. The third-order valence-electron chi connectivity index (χ3n) is 1.95. The number of rotatable bonds is 2. The standard InChI is InChI=1S/C7H12Cl2O/c1-5-2-3-10-6(5)4-7(8)9/h5-7H,2-4H2,1H3/t5-,6+/m1/s1.